The summed E-state index contributed by atoms with van der Waals surface area (Å²) in [6.07, 6.45) is -3.68. The molecule has 2 aromatic heterocycles. The fourth-order valence-electron chi connectivity index (χ4n) is 7.47. The van der Waals surface area contributed by atoms with Crippen LogP contribution >= 0.6 is 23.5 Å². The first-order chi connectivity index (χ1) is 24.7. The van der Waals surface area contributed by atoms with Crippen molar-refractivity contribution in [2.45, 2.75) is 39.0 Å². The molecular formula is C39H28F2N6O2S2. The number of halogens is 2. The number of hydrogen-bond donors (Lipinski definition) is 0. The summed E-state index contributed by atoms with van der Waals surface area (Å²) >= 11 is 2.08. The lowest BCUT2D eigenvalue weighted by molar-refractivity contribution is -0.136. The highest BCUT2D eigenvalue weighted by molar-refractivity contribution is 7.00. The number of anilines is 3. The molecule has 0 saturated heterocycles. The van der Waals surface area contributed by atoms with E-state index < -0.39 is 35.7 Å². The lowest BCUT2D eigenvalue weighted by Crippen LogP contribution is -2.36. The summed E-state index contributed by atoms with van der Waals surface area (Å²) in [5.74, 6) is -3.81. The van der Waals surface area contributed by atoms with Gasteiger partial charge in [-0.25, -0.2) is 13.8 Å². The number of aryl methyl sites for hydroxylation is 2. The number of hydrogen-bond acceptors (Lipinski definition) is 10. The molecule has 0 aliphatic heterocycles. The monoisotopic (exact) mass is 714 g/mol. The molecule has 2 saturated carbocycles. The largest absolute Gasteiger partial charge is 0.311 e. The van der Waals surface area contributed by atoms with Crippen LogP contribution in [0.15, 0.2) is 89.9 Å². The molecule has 0 spiro atoms. The zero-order valence-electron chi connectivity index (χ0n) is 27.4. The van der Waals surface area contributed by atoms with Crippen LogP contribution in [0, 0.1) is 25.7 Å². The Kier molecular flexibility index (Phi) is 7.55. The van der Waals surface area contributed by atoms with Gasteiger partial charge in [-0.05, 0) is 74.4 Å². The Bertz CT molecular complexity index is 2500. The zero-order chi connectivity index (χ0) is 35.0. The molecule has 4 unspecified atom stereocenters. The molecule has 0 radical (unpaired) electrons. The molecule has 2 fully saturated rings. The second-order valence-electron chi connectivity index (χ2n) is 13.3. The maximum Gasteiger partial charge on any atom is 0.243 e. The number of alkyl halides is 2. The molecule has 0 bridgehead atoms. The van der Waals surface area contributed by atoms with Crippen LogP contribution in [-0.4, -0.2) is 47.1 Å². The average molecular weight is 715 g/mol. The van der Waals surface area contributed by atoms with Gasteiger partial charge >= 0.3 is 0 Å². The van der Waals surface area contributed by atoms with Gasteiger partial charge in [0.25, 0.3) is 0 Å². The lowest BCUT2D eigenvalue weighted by Gasteiger charge is -2.29. The van der Waals surface area contributed by atoms with Gasteiger partial charge in [0.15, 0.2) is 0 Å². The van der Waals surface area contributed by atoms with E-state index in [0.717, 1.165) is 57.0 Å². The van der Waals surface area contributed by atoms with E-state index in [0.29, 0.717) is 33.1 Å². The molecule has 252 valence electrons. The molecule has 2 aliphatic carbocycles. The molecule has 9 rings (SSSR count). The smallest absolute Gasteiger partial charge is 0.243 e. The van der Waals surface area contributed by atoms with E-state index in [1.54, 1.807) is 6.07 Å². The summed E-state index contributed by atoms with van der Waals surface area (Å²) < 4.78 is 47.7. The summed E-state index contributed by atoms with van der Waals surface area (Å²) in [4.78, 5) is 32.7. The Morgan fingerprint density at radius 3 is 1.84 bits per heavy atom. The van der Waals surface area contributed by atoms with E-state index in [-0.39, 0.29) is 18.6 Å². The topological polar surface area (TPSA) is 101 Å². The Morgan fingerprint density at radius 1 is 0.686 bits per heavy atom. The van der Waals surface area contributed by atoms with E-state index in [9.17, 15) is 18.4 Å². The van der Waals surface area contributed by atoms with Crippen LogP contribution < -0.4 is 4.90 Å². The predicted molar refractivity (Wildman–Crippen MR) is 199 cm³/mol. The van der Waals surface area contributed by atoms with Gasteiger partial charge in [0, 0.05) is 45.7 Å². The summed E-state index contributed by atoms with van der Waals surface area (Å²) in [6, 6.07) is 29.0. The van der Waals surface area contributed by atoms with Crippen molar-refractivity contribution in [1.29, 1.82) is 0 Å². The Hall–Kier alpha value is -5.33. The van der Waals surface area contributed by atoms with Gasteiger partial charge in [-0.1, -0.05) is 47.5 Å². The number of fused-ring (bicyclic) bond motifs is 6. The Morgan fingerprint density at radius 2 is 1.22 bits per heavy atom. The van der Waals surface area contributed by atoms with E-state index in [1.165, 1.54) is 11.1 Å². The number of nitrogens with zero attached hydrogens (tertiary/aromatic N) is 6. The maximum atomic E-state index is 14.8. The van der Waals surface area contributed by atoms with Crippen molar-refractivity contribution in [2.75, 3.05) is 4.90 Å². The van der Waals surface area contributed by atoms with Crippen molar-refractivity contribution in [3.05, 3.63) is 96.1 Å². The van der Waals surface area contributed by atoms with Crippen LogP contribution in [0.5, 0.6) is 0 Å². The molecule has 51 heavy (non-hydrogen) atoms. The van der Waals surface area contributed by atoms with Gasteiger partial charge in [-0.15, -0.1) is 0 Å². The maximum absolute atomic E-state index is 14.8. The van der Waals surface area contributed by atoms with Crippen LogP contribution in [-0.2, 0) is 9.59 Å². The quantitative estimate of drug-likeness (QED) is 0.164. The normalized spacial score (nSPS) is 21.3. The van der Waals surface area contributed by atoms with Gasteiger partial charge in [0.1, 0.15) is 34.4 Å². The van der Waals surface area contributed by atoms with E-state index in [4.69, 9.17) is 0 Å². The van der Waals surface area contributed by atoms with Gasteiger partial charge in [-0.3, -0.25) is 9.59 Å². The molecule has 0 amide bonds. The molecule has 0 N–H and O–H groups in total. The summed E-state index contributed by atoms with van der Waals surface area (Å²) in [6.45, 7) is 4.15. The third-order valence-electron chi connectivity index (χ3n) is 10.0. The number of benzene rings is 5. The second kappa shape index (κ2) is 12.2. The number of ketones is 2. The first kappa shape index (κ1) is 31.6. The van der Waals surface area contributed by atoms with Crippen LogP contribution in [0.3, 0.4) is 0 Å². The minimum Gasteiger partial charge on any atom is -0.311 e. The summed E-state index contributed by atoms with van der Waals surface area (Å²) in [5, 5.41) is 1.48. The third-order valence-corrected chi connectivity index (χ3v) is 11.1. The molecule has 4 atom stereocenters. The number of aliphatic imine (C=N–C) groups is 1. The highest BCUT2D eigenvalue weighted by Gasteiger charge is 2.54. The third kappa shape index (κ3) is 5.23. The average Bonchev–Trinajstić information content (AvgIpc) is 3.87. The second-order valence-corrected chi connectivity index (χ2v) is 14.4. The van der Waals surface area contributed by atoms with E-state index in [1.807, 2.05) is 6.07 Å². The van der Waals surface area contributed by atoms with Crippen molar-refractivity contribution < 1.29 is 18.4 Å². The molecule has 12 heteroatoms. The van der Waals surface area contributed by atoms with Crippen molar-refractivity contribution in [1.82, 2.24) is 17.5 Å². The molecule has 2 heterocycles. The SMILES string of the molecule is Cc1ccc(N(c2ccc(C)cc2)c2ccc(-c3cc4c(cc(N=C5C(=O)C(=O)C6C(F)CC(F)CC56)c5nsnc54)c4nsnc34)cc2)cc1. The number of Topliss-reactive ketones (excluding diaryl/α,β-unsaturated/α-hetero) is 2. The van der Waals surface area contributed by atoms with Crippen LogP contribution in [0.4, 0.5) is 31.5 Å². The molecule has 7 aromatic rings. The van der Waals surface area contributed by atoms with Crippen LogP contribution in [0.1, 0.15) is 24.0 Å². The number of aromatic nitrogens is 4. The van der Waals surface area contributed by atoms with E-state index >= 15 is 0 Å². The number of carbonyl (C=O) groups excluding carboxylic acids is 2. The highest BCUT2D eigenvalue weighted by Crippen LogP contribution is 2.44. The van der Waals surface area contributed by atoms with Crippen molar-refractivity contribution in [2.24, 2.45) is 16.8 Å². The van der Waals surface area contributed by atoms with Gasteiger partial charge in [0.05, 0.1) is 40.8 Å². The van der Waals surface area contributed by atoms with Crippen molar-refractivity contribution in [3.8, 4) is 11.1 Å². The zero-order valence-corrected chi connectivity index (χ0v) is 29.0. The summed E-state index contributed by atoms with van der Waals surface area (Å²) in [5.41, 5.74) is 9.76. The van der Waals surface area contributed by atoms with E-state index in [2.05, 4.69) is 114 Å². The number of rotatable bonds is 5. The molecule has 5 aromatic carbocycles. The van der Waals surface area contributed by atoms with Crippen LogP contribution in [0.25, 0.3) is 44.0 Å². The molecule has 2 aliphatic rings. The predicted octanol–water partition coefficient (Wildman–Crippen LogP) is 9.53. The number of carbonyl (C=O) groups is 2. The van der Waals surface area contributed by atoms with Gasteiger partial charge < -0.3 is 4.90 Å². The van der Waals surface area contributed by atoms with Crippen molar-refractivity contribution >= 4 is 96.3 Å². The Balaban J connectivity index is 1.15. The first-order valence-corrected chi connectivity index (χ1v) is 18.0. The summed E-state index contributed by atoms with van der Waals surface area (Å²) in [7, 11) is 0. The molecule has 8 nitrogen and oxygen atoms in total. The van der Waals surface area contributed by atoms with Crippen LogP contribution in [0.2, 0.25) is 0 Å². The standard InChI is InChI=1S/C39H28F2N6O2S2/c1-19-3-9-23(10-4-19)47(24-11-5-20(2)6-12-24)25-13-7-21(8-14-25)26-17-27-28(34-33(26)43-50-44-34)18-31(37-35(27)45-51-46-37)42-36-29-15-22(40)16-30(41)32(29)38(48)39(36)49/h3-14,17-18,22,29-30,32H,15-16H2,1-2H3. The van der Waals surface area contributed by atoms with Gasteiger partial charge in [0.2, 0.25) is 11.6 Å². The lowest BCUT2D eigenvalue weighted by atomic mass is 9.78. The highest BCUT2D eigenvalue weighted by atomic mass is 32.1. The molecular weight excluding hydrogens is 687 g/mol. The fourth-order valence-corrected chi connectivity index (χ4v) is 8.61. The Labute approximate surface area is 299 Å². The van der Waals surface area contributed by atoms with Gasteiger partial charge in [-0.2, -0.15) is 17.5 Å². The minimum atomic E-state index is -1.72. The fraction of sp³-hybridized carbons (Fsp3) is 0.205. The van der Waals surface area contributed by atoms with Crippen molar-refractivity contribution in [3.63, 3.8) is 0 Å². The first-order valence-electron chi connectivity index (χ1n) is 16.6. The minimum absolute atomic E-state index is 0.113.